The lowest BCUT2D eigenvalue weighted by Crippen LogP contribution is -2.44. The van der Waals surface area contributed by atoms with Gasteiger partial charge in [-0.25, -0.2) is 16.8 Å². The van der Waals surface area contributed by atoms with E-state index in [4.69, 9.17) is 9.47 Å². The maximum absolute atomic E-state index is 13.1. The molecule has 72 heavy (non-hydrogen) atoms. The van der Waals surface area contributed by atoms with Gasteiger partial charge in [0.15, 0.2) is 0 Å². The number of hydrogen-bond acceptors (Lipinski definition) is 10. The van der Waals surface area contributed by atoms with E-state index in [2.05, 4.69) is 29.9 Å². The molecule has 0 bridgehead atoms. The van der Waals surface area contributed by atoms with E-state index in [1.54, 1.807) is 48.5 Å². The molecule has 2 amide bonds. The Labute approximate surface area is 425 Å². The fourth-order valence-corrected chi connectivity index (χ4v) is 10.8. The monoisotopic (exact) mass is 1010 g/mol. The zero-order valence-corrected chi connectivity index (χ0v) is 43.0. The SMILES string of the molecule is CC(C)C[C@H](NS(=O)(=O)c1ccc(-c2ccccc2)cc1)C(=O)Nc1ccc(N2CCOCC2)cc1.CC(C)C[C@H](NS(=O)(=O)c1ccc(-c2ccccc2)cc1)C(=O)Nc1ccc(N2CCOCC2)cc1. The van der Waals surface area contributed by atoms with Crippen LogP contribution in [-0.4, -0.2) is 93.3 Å². The van der Waals surface area contributed by atoms with Crippen molar-refractivity contribution >= 4 is 54.6 Å². The topological polar surface area (TPSA) is 175 Å². The molecule has 0 saturated carbocycles. The molecule has 6 aromatic carbocycles. The molecule has 0 unspecified atom stereocenters. The molecule has 0 radical (unpaired) electrons. The van der Waals surface area contributed by atoms with Gasteiger partial charge in [0.2, 0.25) is 31.9 Å². The minimum absolute atomic E-state index is 0.118. The third-order valence-electron chi connectivity index (χ3n) is 12.2. The zero-order valence-electron chi connectivity index (χ0n) is 41.4. The lowest BCUT2D eigenvalue weighted by Gasteiger charge is -2.29. The summed E-state index contributed by atoms with van der Waals surface area (Å²) in [6.07, 6.45) is 0.748. The number of amides is 2. The second kappa shape index (κ2) is 25.3. The summed E-state index contributed by atoms with van der Waals surface area (Å²) in [5.74, 6) is -0.528. The first-order valence-electron chi connectivity index (χ1n) is 24.5. The molecular formula is C56H66N6O8S2. The second-order valence-corrected chi connectivity index (χ2v) is 22.1. The molecule has 2 fully saturated rings. The Morgan fingerprint density at radius 3 is 1.06 bits per heavy atom. The smallest absolute Gasteiger partial charge is 0.242 e. The van der Waals surface area contributed by atoms with E-state index in [9.17, 15) is 26.4 Å². The number of anilines is 4. The van der Waals surface area contributed by atoms with Gasteiger partial charge in [0.1, 0.15) is 12.1 Å². The Morgan fingerprint density at radius 2 is 0.750 bits per heavy atom. The Bertz CT molecular complexity index is 2680. The number of hydrogen-bond donors (Lipinski definition) is 4. The quantitative estimate of drug-likeness (QED) is 0.0650. The van der Waals surface area contributed by atoms with Crippen LogP contribution in [0.15, 0.2) is 168 Å². The van der Waals surface area contributed by atoms with Gasteiger partial charge >= 0.3 is 0 Å². The standard InChI is InChI=1S/2C28H33N3O4S/c2*1-21(2)20-27(28(32)29-24-10-12-25(13-11-24)31-16-18-35-19-17-31)30-36(33,34)26-14-8-23(9-15-26)22-6-4-3-5-7-22/h2*3-15,21,27,30H,16-20H2,1-2H3,(H,29,32)/t2*27-/m00/s1. The number of morpholine rings is 2. The van der Waals surface area contributed by atoms with Gasteiger partial charge in [-0.05, 0) is 120 Å². The average Bonchev–Trinajstić information content (AvgIpc) is 3.39. The molecule has 6 aromatic rings. The Balaban J connectivity index is 0.000000211. The number of nitrogens with one attached hydrogen (secondary N) is 4. The third-order valence-corrected chi connectivity index (χ3v) is 15.2. The van der Waals surface area contributed by atoms with E-state index in [-0.39, 0.29) is 33.4 Å². The Kier molecular flexibility index (Phi) is 18.8. The van der Waals surface area contributed by atoms with Crippen LogP contribution in [0.2, 0.25) is 0 Å². The van der Waals surface area contributed by atoms with E-state index in [1.807, 2.05) is 137 Å². The highest BCUT2D eigenvalue weighted by molar-refractivity contribution is 7.89. The van der Waals surface area contributed by atoms with E-state index in [0.29, 0.717) is 50.6 Å². The van der Waals surface area contributed by atoms with E-state index in [0.717, 1.165) is 59.8 Å². The fraction of sp³-hybridized carbons (Fsp3) is 0.321. The molecule has 2 heterocycles. The molecule has 2 saturated heterocycles. The highest BCUT2D eigenvalue weighted by Crippen LogP contribution is 2.25. The van der Waals surface area contributed by atoms with Gasteiger partial charge in [0, 0.05) is 48.9 Å². The molecule has 16 heteroatoms. The minimum atomic E-state index is -3.89. The zero-order chi connectivity index (χ0) is 51.1. The minimum Gasteiger partial charge on any atom is -0.378 e. The number of ether oxygens (including phenoxy) is 2. The first kappa shape index (κ1) is 53.4. The number of rotatable bonds is 18. The average molecular weight is 1020 g/mol. The maximum Gasteiger partial charge on any atom is 0.242 e. The summed E-state index contributed by atoms with van der Waals surface area (Å²) >= 11 is 0. The van der Waals surface area contributed by atoms with Crippen LogP contribution in [0.1, 0.15) is 40.5 Å². The largest absolute Gasteiger partial charge is 0.378 e. The van der Waals surface area contributed by atoms with Gasteiger partial charge in [0.05, 0.1) is 36.2 Å². The number of carbonyl (C=O) groups excluding carboxylic acids is 2. The van der Waals surface area contributed by atoms with Crippen molar-refractivity contribution in [3.05, 3.63) is 158 Å². The van der Waals surface area contributed by atoms with E-state index >= 15 is 0 Å². The second-order valence-electron chi connectivity index (χ2n) is 18.7. The molecule has 380 valence electrons. The molecule has 8 rings (SSSR count). The van der Waals surface area contributed by atoms with Crippen molar-refractivity contribution in [3.8, 4) is 22.3 Å². The van der Waals surface area contributed by atoms with Gasteiger partial charge in [-0.2, -0.15) is 9.44 Å². The third kappa shape index (κ3) is 15.3. The summed E-state index contributed by atoms with van der Waals surface area (Å²) in [6, 6.07) is 46.3. The lowest BCUT2D eigenvalue weighted by molar-refractivity contribution is -0.118. The number of sulfonamides is 2. The van der Waals surface area contributed by atoms with Crippen LogP contribution in [0.4, 0.5) is 22.7 Å². The molecular weight excluding hydrogens is 949 g/mol. The van der Waals surface area contributed by atoms with Gasteiger partial charge in [0.25, 0.3) is 0 Å². The number of benzene rings is 6. The number of carbonyl (C=O) groups is 2. The summed E-state index contributed by atoms with van der Waals surface area (Å²) < 4.78 is 68.6. The van der Waals surface area contributed by atoms with Crippen molar-refractivity contribution in [2.75, 3.05) is 73.0 Å². The predicted octanol–water partition coefficient (Wildman–Crippen LogP) is 9.04. The van der Waals surface area contributed by atoms with Crippen LogP contribution in [0.3, 0.4) is 0 Å². The molecule has 4 N–H and O–H groups in total. The molecule has 2 aliphatic heterocycles. The van der Waals surface area contributed by atoms with Crippen molar-refractivity contribution < 1.29 is 35.9 Å². The van der Waals surface area contributed by atoms with E-state index < -0.39 is 32.1 Å². The Morgan fingerprint density at radius 1 is 0.444 bits per heavy atom. The predicted molar refractivity (Wildman–Crippen MR) is 287 cm³/mol. The fourth-order valence-electron chi connectivity index (χ4n) is 8.40. The van der Waals surface area contributed by atoms with Crippen LogP contribution >= 0.6 is 0 Å². The summed E-state index contributed by atoms with van der Waals surface area (Å²) in [7, 11) is -7.78. The first-order valence-corrected chi connectivity index (χ1v) is 27.4. The molecule has 0 aromatic heterocycles. The van der Waals surface area contributed by atoms with Crippen LogP contribution in [0.25, 0.3) is 22.3 Å². The van der Waals surface area contributed by atoms with Crippen molar-refractivity contribution in [1.82, 2.24) is 9.44 Å². The molecule has 2 aliphatic rings. The maximum atomic E-state index is 13.1. The van der Waals surface area contributed by atoms with E-state index in [1.165, 1.54) is 0 Å². The lowest BCUT2D eigenvalue weighted by atomic mass is 10.0. The summed E-state index contributed by atoms with van der Waals surface area (Å²) in [4.78, 5) is 30.9. The summed E-state index contributed by atoms with van der Waals surface area (Å²) in [5, 5.41) is 5.75. The van der Waals surface area contributed by atoms with Crippen LogP contribution < -0.4 is 29.9 Å². The van der Waals surface area contributed by atoms with Crippen molar-refractivity contribution in [2.24, 2.45) is 11.8 Å². The normalized spacial score (nSPS) is 15.0. The molecule has 0 spiro atoms. The van der Waals surface area contributed by atoms with Crippen molar-refractivity contribution in [3.63, 3.8) is 0 Å². The molecule has 0 aliphatic carbocycles. The van der Waals surface area contributed by atoms with Gasteiger partial charge in [-0.15, -0.1) is 0 Å². The highest BCUT2D eigenvalue weighted by atomic mass is 32.2. The van der Waals surface area contributed by atoms with Gasteiger partial charge in [-0.3, -0.25) is 9.59 Å². The van der Waals surface area contributed by atoms with Gasteiger partial charge in [-0.1, -0.05) is 113 Å². The Hall–Kier alpha value is -6.40. The highest BCUT2D eigenvalue weighted by Gasteiger charge is 2.29. The van der Waals surface area contributed by atoms with Crippen LogP contribution in [0, 0.1) is 11.8 Å². The summed E-state index contributed by atoms with van der Waals surface area (Å²) in [5.41, 5.74) is 7.23. The number of nitrogens with zero attached hydrogens (tertiary/aromatic N) is 2. The molecule has 14 nitrogen and oxygen atoms in total. The van der Waals surface area contributed by atoms with Crippen molar-refractivity contribution in [2.45, 2.75) is 62.4 Å². The van der Waals surface area contributed by atoms with Crippen LogP contribution in [0.5, 0.6) is 0 Å². The molecule has 2 atom stereocenters. The summed E-state index contributed by atoms with van der Waals surface area (Å²) in [6.45, 7) is 13.9. The van der Waals surface area contributed by atoms with Gasteiger partial charge < -0.3 is 29.9 Å². The van der Waals surface area contributed by atoms with Crippen LogP contribution in [-0.2, 0) is 39.1 Å². The van der Waals surface area contributed by atoms with Crippen molar-refractivity contribution in [1.29, 1.82) is 0 Å². The first-order chi connectivity index (χ1) is 34.6.